The number of nitrogens with zero attached hydrogens (tertiary/aromatic N) is 1. The highest BCUT2D eigenvalue weighted by Crippen LogP contribution is 2.16. The van der Waals surface area contributed by atoms with Crippen molar-refractivity contribution < 1.29 is 14.3 Å². The summed E-state index contributed by atoms with van der Waals surface area (Å²) in [6.07, 6.45) is 3.56. The predicted molar refractivity (Wildman–Crippen MR) is 76.7 cm³/mol. The number of hydrogen-bond acceptors (Lipinski definition) is 2. The molecular weight excluding hydrogens is 238 g/mol. The number of ether oxygens (including phenoxy) is 1. The first kappa shape index (κ1) is 14.5. The van der Waals surface area contributed by atoms with Crippen LogP contribution in [0.5, 0.6) is 0 Å². The zero-order valence-corrected chi connectivity index (χ0v) is 11.9. The van der Waals surface area contributed by atoms with Crippen molar-refractivity contribution in [3.63, 3.8) is 0 Å². The van der Waals surface area contributed by atoms with E-state index in [9.17, 15) is 5.11 Å². The normalized spacial score (nSPS) is 20.1. The lowest BCUT2D eigenvalue weighted by Crippen LogP contribution is -2.52. The van der Waals surface area contributed by atoms with Crippen LogP contribution in [-0.2, 0) is 11.3 Å². The van der Waals surface area contributed by atoms with Crippen LogP contribution in [0.1, 0.15) is 24.8 Å². The Bertz CT molecular complexity index is 360. The van der Waals surface area contributed by atoms with Gasteiger partial charge < -0.3 is 14.3 Å². The molecule has 2 rings (SSSR count). The van der Waals surface area contributed by atoms with Gasteiger partial charge in [0, 0.05) is 0 Å². The van der Waals surface area contributed by atoms with Gasteiger partial charge in [-0.3, -0.25) is 0 Å². The van der Waals surface area contributed by atoms with E-state index < -0.39 is 0 Å². The van der Waals surface area contributed by atoms with Gasteiger partial charge in [-0.1, -0.05) is 30.3 Å². The van der Waals surface area contributed by atoms with Gasteiger partial charge in [-0.15, -0.1) is 0 Å². The standard InChI is InChI=1S/C16H26NO2/c1-17(10-6-3-7-11-17)12-16(18)14-19-13-15-8-4-2-5-9-15/h2,4-5,8-9,16,18H,3,6-7,10-14H2,1H3/q+1. The fourth-order valence-corrected chi connectivity index (χ4v) is 2.91. The van der Waals surface area contributed by atoms with E-state index in [0.29, 0.717) is 13.2 Å². The minimum atomic E-state index is -0.355. The summed E-state index contributed by atoms with van der Waals surface area (Å²) < 4.78 is 6.60. The van der Waals surface area contributed by atoms with Crippen molar-refractivity contribution in [2.45, 2.75) is 32.0 Å². The smallest absolute Gasteiger partial charge is 0.126 e. The number of benzene rings is 1. The molecule has 19 heavy (non-hydrogen) atoms. The fourth-order valence-electron chi connectivity index (χ4n) is 2.91. The van der Waals surface area contributed by atoms with E-state index >= 15 is 0 Å². The molecule has 3 nitrogen and oxygen atoms in total. The lowest BCUT2D eigenvalue weighted by atomic mass is 10.1. The van der Waals surface area contributed by atoms with E-state index in [1.807, 2.05) is 30.3 Å². The molecule has 3 heteroatoms. The number of aliphatic hydroxyl groups is 1. The summed E-state index contributed by atoms with van der Waals surface area (Å²) in [4.78, 5) is 0. The molecule has 0 amide bonds. The van der Waals surface area contributed by atoms with Crippen LogP contribution in [0.2, 0.25) is 0 Å². The van der Waals surface area contributed by atoms with Gasteiger partial charge in [0.15, 0.2) is 0 Å². The zero-order valence-electron chi connectivity index (χ0n) is 11.9. The Morgan fingerprint density at radius 2 is 1.84 bits per heavy atom. The summed E-state index contributed by atoms with van der Waals surface area (Å²) in [7, 11) is 2.25. The van der Waals surface area contributed by atoms with E-state index in [1.54, 1.807) is 0 Å². The predicted octanol–water partition coefficient (Wildman–Crippen LogP) is 2.19. The Hall–Kier alpha value is -0.900. The molecule has 0 aliphatic carbocycles. The van der Waals surface area contributed by atoms with Crippen LogP contribution in [0.25, 0.3) is 0 Å². The first-order valence-corrected chi connectivity index (χ1v) is 7.31. The Balaban J connectivity index is 1.68. The van der Waals surface area contributed by atoms with Crippen LogP contribution in [0.15, 0.2) is 30.3 Å². The summed E-state index contributed by atoms with van der Waals surface area (Å²) in [5.41, 5.74) is 1.16. The summed E-state index contributed by atoms with van der Waals surface area (Å²) in [6.45, 7) is 4.21. The number of quaternary nitrogens is 1. The number of aliphatic hydroxyl groups excluding tert-OH is 1. The van der Waals surface area contributed by atoms with Gasteiger partial charge >= 0.3 is 0 Å². The maximum atomic E-state index is 10.1. The molecule has 0 radical (unpaired) electrons. The highest BCUT2D eigenvalue weighted by Gasteiger charge is 2.27. The number of likely N-dealkylation sites (tertiary alicyclic amines) is 1. The Labute approximate surface area is 116 Å². The molecule has 0 spiro atoms. The fraction of sp³-hybridized carbons (Fsp3) is 0.625. The number of hydrogen-bond donors (Lipinski definition) is 1. The molecule has 1 saturated heterocycles. The number of likely N-dealkylation sites (N-methyl/N-ethyl adjacent to an activating group) is 1. The summed E-state index contributed by atoms with van der Waals surface area (Å²) in [5.74, 6) is 0. The SMILES string of the molecule is C[N+]1(CC(O)COCc2ccccc2)CCCCC1. The molecular formula is C16H26NO2+. The van der Waals surface area contributed by atoms with Gasteiger partial charge in [-0.25, -0.2) is 0 Å². The molecule has 1 heterocycles. The molecule has 106 valence electrons. The van der Waals surface area contributed by atoms with Crippen molar-refractivity contribution in [2.75, 3.05) is 33.3 Å². The Morgan fingerprint density at radius 3 is 2.53 bits per heavy atom. The summed E-state index contributed by atoms with van der Waals surface area (Å²) in [6, 6.07) is 10.1. The third kappa shape index (κ3) is 4.94. The first-order chi connectivity index (χ1) is 9.18. The molecule has 1 N–H and O–H groups in total. The van der Waals surface area contributed by atoms with Crippen molar-refractivity contribution in [2.24, 2.45) is 0 Å². The second kappa shape index (κ2) is 7.04. The van der Waals surface area contributed by atoms with Crippen molar-refractivity contribution in [3.8, 4) is 0 Å². The van der Waals surface area contributed by atoms with Gasteiger partial charge in [-0.2, -0.15) is 0 Å². The average Bonchev–Trinajstić information content (AvgIpc) is 2.40. The third-order valence-corrected chi connectivity index (χ3v) is 3.97. The maximum absolute atomic E-state index is 10.1. The van der Waals surface area contributed by atoms with Crippen LogP contribution >= 0.6 is 0 Å². The van der Waals surface area contributed by atoms with E-state index in [4.69, 9.17) is 4.74 Å². The van der Waals surface area contributed by atoms with Gasteiger partial charge in [0.1, 0.15) is 12.6 Å². The molecule has 0 saturated carbocycles. The highest BCUT2D eigenvalue weighted by atomic mass is 16.5. The van der Waals surface area contributed by atoms with Crippen molar-refractivity contribution in [3.05, 3.63) is 35.9 Å². The van der Waals surface area contributed by atoms with Crippen LogP contribution in [0.4, 0.5) is 0 Å². The molecule has 1 atom stereocenters. The Morgan fingerprint density at radius 1 is 1.16 bits per heavy atom. The Kier molecular flexibility index (Phi) is 5.37. The third-order valence-electron chi connectivity index (χ3n) is 3.97. The van der Waals surface area contributed by atoms with E-state index in [0.717, 1.165) is 16.6 Å². The lowest BCUT2D eigenvalue weighted by Gasteiger charge is -2.39. The number of rotatable bonds is 6. The van der Waals surface area contributed by atoms with E-state index in [-0.39, 0.29) is 6.10 Å². The minimum Gasteiger partial charge on any atom is -0.385 e. The quantitative estimate of drug-likeness (QED) is 0.798. The van der Waals surface area contributed by atoms with Gasteiger partial charge in [0.05, 0.1) is 33.4 Å². The van der Waals surface area contributed by atoms with Crippen LogP contribution in [0.3, 0.4) is 0 Å². The van der Waals surface area contributed by atoms with Crippen molar-refractivity contribution >= 4 is 0 Å². The molecule has 1 aliphatic heterocycles. The number of piperidine rings is 1. The van der Waals surface area contributed by atoms with Crippen molar-refractivity contribution in [1.82, 2.24) is 0 Å². The van der Waals surface area contributed by atoms with Gasteiger partial charge in [-0.05, 0) is 24.8 Å². The second-order valence-electron chi connectivity index (χ2n) is 5.96. The van der Waals surface area contributed by atoms with Crippen molar-refractivity contribution in [1.29, 1.82) is 0 Å². The molecule has 1 fully saturated rings. The first-order valence-electron chi connectivity index (χ1n) is 7.31. The molecule has 0 aromatic heterocycles. The largest absolute Gasteiger partial charge is 0.385 e. The van der Waals surface area contributed by atoms with Crippen LogP contribution in [-0.4, -0.2) is 49.0 Å². The lowest BCUT2D eigenvalue weighted by molar-refractivity contribution is -0.916. The monoisotopic (exact) mass is 264 g/mol. The summed E-state index contributed by atoms with van der Waals surface area (Å²) in [5, 5.41) is 10.1. The minimum absolute atomic E-state index is 0.355. The average molecular weight is 264 g/mol. The zero-order chi connectivity index (χ0) is 13.6. The molecule has 1 unspecified atom stereocenters. The second-order valence-corrected chi connectivity index (χ2v) is 5.96. The van der Waals surface area contributed by atoms with E-state index in [2.05, 4.69) is 7.05 Å². The van der Waals surface area contributed by atoms with E-state index in [1.165, 1.54) is 32.4 Å². The highest BCUT2D eigenvalue weighted by molar-refractivity contribution is 5.13. The van der Waals surface area contributed by atoms with Crippen LogP contribution in [0, 0.1) is 0 Å². The summed E-state index contributed by atoms with van der Waals surface area (Å²) >= 11 is 0. The topological polar surface area (TPSA) is 29.5 Å². The van der Waals surface area contributed by atoms with Crippen LogP contribution < -0.4 is 0 Å². The molecule has 1 aromatic carbocycles. The molecule has 1 aliphatic rings. The molecule has 0 bridgehead atoms. The van der Waals surface area contributed by atoms with Gasteiger partial charge in [0.2, 0.25) is 0 Å². The maximum Gasteiger partial charge on any atom is 0.126 e. The molecule has 1 aromatic rings. The van der Waals surface area contributed by atoms with Gasteiger partial charge in [0.25, 0.3) is 0 Å².